The van der Waals surface area contributed by atoms with Crippen LogP contribution in [0.2, 0.25) is 5.02 Å². The molecule has 8 heteroatoms. The molecule has 1 aliphatic heterocycles. The number of ether oxygens (including phenoxy) is 1. The number of hydrogen-bond acceptors (Lipinski definition) is 3. The van der Waals surface area contributed by atoms with Crippen molar-refractivity contribution in [1.82, 2.24) is 9.97 Å². The minimum Gasteiger partial charge on any atom is -0.487 e. The zero-order valence-electron chi connectivity index (χ0n) is 12.8. The molecule has 0 aliphatic carbocycles. The monoisotopic (exact) mass is 367 g/mol. The van der Waals surface area contributed by atoms with Crippen molar-refractivity contribution >= 4 is 22.6 Å². The number of alkyl halides is 3. The Morgan fingerprint density at radius 1 is 1.28 bits per heavy atom. The van der Waals surface area contributed by atoms with E-state index in [2.05, 4.69) is 9.97 Å². The number of H-pyrrole nitrogens is 1. The molecule has 1 atom stereocenters. The lowest BCUT2D eigenvalue weighted by Gasteiger charge is -2.12. The van der Waals surface area contributed by atoms with E-state index in [0.29, 0.717) is 45.9 Å². The predicted molar refractivity (Wildman–Crippen MR) is 88.7 cm³/mol. The Bertz CT molecular complexity index is 968. The predicted octanol–water partition coefficient (Wildman–Crippen LogP) is 4.16. The number of fused-ring (bicyclic) bond motifs is 2. The molecule has 0 spiro atoms. The Kier molecular flexibility index (Phi) is 3.66. The van der Waals surface area contributed by atoms with Crippen molar-refractivity contribution in [2.24, 2.45) is 5.73 Å². The first-order chi connectivity index (χ1) is 11.9. The number of nitrogens with two attached hydrogens (primary N) is 1. The van der Waals surface area contributed by atoms with E-state index >= 15 is 0 Å². The van der Waals surface area contributed by atoms with Gasteiger partial charge in [-0.3, -0.25) is 0 Å². The molecule has 25 heavy (non-hydrogen) atoms. The van der Waals surface area contributed by atoms with Gasteiger partial charge >= 0.3 is 6.18 Å². The van der Waals surface area contributed by atoms with E-state index in [1.807, 2.05) is 0 Å². The molecule has 3 aromatic rings. The van der Waals surface area contributed by atoms with Gasteiger partial charge in [-0.05, 0) is 29.8 Å². The highest BCUT2D eigenvalue weighted by atomic mass is 35.5. The fourth-order valence-corrected chi connectivity index (χ4v) is 3.39. The van der Waals surface area contributed by atoms with Crippen LogP contribution >= 0.6 is 11.6 Å². The molecule has 4 nitrogen and oxygen atoms in total. The van der Waals surface area contributed by atoms with E-state index in [1.165, 1.54) is 6.33 Å². The number of halogens is 4. The van der Waals surface area contributed by atoms with E-state index in [1.54, 1.807) is 12.1 Å². The SMILES string of the molecule is NCC1Cc2cc(-c3cc(C(F)(F)F)cc4[nH]cnc34)cc(Cl)c2O1. The summed E-state index contributed by atoms with van der Waals surface area (Å²) in [7, 11) is 0. The van der Waals surface area contributed by atoms with Crippen molar-refractivity contribution < 1.29 is 17.9 Å². The summed E-state index contributed by atoms with van der Waals surface area (Å²) in [6.45, 7) is 0.341. The normalized spacial score (nSPS) is 16.9. The Morgan fingerprint density at radius 3 is 2.80 bits per heavy atom. The minimum absolute atomic E-state index is 0.172. The quantitative estimate of drug-likeness (QED) is 0.714. The van der Waals surface area contributed by atoms with Gasteiger partial charge in [-0.1, -0.05) is 11.6 Å². The maximum Gasteiger partial charge on any atom is 0.416 e. The van der Waals surface area contributed by atoms with E-state index in [0.717, 1.165) is 17.7 Å². The molecule has 1 aliphatic rings. The van der Waals surface area contributed by atoms with Crippen LogP contribution in [0.1, 0.15) is 11.1 Å². The van der Waals surface area contributed by atoms with Crippen molar-refractivity contribution in [2.75, 3.05) is 6.54 Å². The highest BCUT2D eigenvalue weighted by Gasteiger charge is 2.32. The van der Waals surface area contributed by atoms with Crippen LogP contribution in [-0.2, 0) is 12.6 Å². The van der Waals surface area contributed by atoms with Gasteiger partial charge in [0.15, 0.2) is 0 Å². The van der Waals surface area contributed by atoms with E-state index < -0.39 is 11.7 Å². The second-order valence-corrected chi connectivity index (χ2v) is 6.35. The maximum absolute atomic E-state index is 13.2. The van der Waals surface area contributed by atoms with Crippen LogP contribution < -0.4 is 10.5 Å². The molecule has 0 saturated carbocycles. The smallest absolute Gasteiger partial charge is 0.416 e. The van der Waals surface area contributed by atoms with Crippen molar-refractivity contribution in [2.45, 2.75) is 18.7 Å². The summed E-state index contributed by atoms with van der Waals surface area (Å²) < 4.78 is 45.3. The summed E-state index contributed by atoms with van der Waals surface area (Å²) in [5, 5.41) is 0.351. The number of benzene rings is 2. The molecule has 130 valence electrons. The van der Waals surface area contributed by atoms with Gasteiger partial charge in [0.2, 0.25) is 0 Å². The van der Waals surface area contributed by atoms with Crippen LogP contribution in [0.3, 0.4) is 0 Å². The fraction of sp³-hybridized carbons (Fsp3) is 0.235. The molecular weight excluding hydrogens is 355 g/mol. The molecule has 2 aromatic carbocycles. The van der Waals surface area contributed by atoms with Gasteiger partial charge in [-0.25, -0.2) is 4.98 Å². The highest BCUT2D eigenvalue weighted by Crippen LogP contribution is 2.42. The second-order valence-electron chi connectivity index (χ2n) is 5.95. The molecule has 0 fully saturated rings. The molecule has 0 radical (unpaired) electrons. The van der Waals surface area contributed by atoms with Gasteiger partial charge in [-0.2, -0.15) is 13.2 Å². The first-order valence-electron chi connectivity index (χ1n) is 7.60. The van der Waals surface area contributed by atoms with Gasteiger partial charge in [0, 0.05) is 24.1 Å². The molecule has 0 bridgehead atoms. The van der Waals surface area contributed by atoms with E-state index in [4.69, 9.17) is 22.1 Å². The van der Waals surface area contributed by atoms with E-state index in [-0.39, 0.29) is 6.10 Å². The summed E-state index contributed by atoms with van der Waals surface area (Å²) >= 11 is 6.29. The first-order valence-corrected chi connectivity index (χ1v) is 7.98. The molecule has 1 aromatic heterocycles. The zero-order chi connectivity index (χ0) is 17.8. The lowest BCUT2D eigenvalue weighted by molar-refractivity contribution is -0.137. The third kappa shape index (κ3) is 2.73. The number of nitrogens with zero attached hydrogens (tertiary/aromatic N) is 1. The number of hydrogen-bond donors (Lipinski definition) is 2. The van der Waals surface area contributed by atoms with Crippen LogP contribution in [0.4, 0.5) is 13.2 Å². The third-order valence-electron chi connectivity index (χ3n) is 4.28. The standard InChI is InChI=1S/C17H13ClF3N3O/c18-13-3-8(1-9-2-11(6-22)25-16(9)13)12-4-10(17(19,20)21)5-14-15(12)24-7-23-14/h1,3-5,7,11H,2,6,22H2,(H,23,24). The topological polar surface area (TPSA) is 63.9 Å². The van der Waals surface area contributed by atoms with Crippen LogP contribution in [0, 0.1) is 0 Å². The van der Waals surface area contributed by atoms with Crippen LogP contribution in [0.25, 0.3) is 22.2 Å². The second kappa shape index (κ2) is 5.64. The Morgan fingerprint density at radius 2 is 2.08 bits per heavy atom. The van der Waals surface area contributed by atoms with E-state index in [9.17, 15) is 13.2 Å². The number of rotatable bonds is 2. The molecule has 1 unspecified atom stereocenters. The Hall–Kier alpha value is -2.25. The van der Waals surface area contributed by atoms with Gasteiger partial charge in [-0.15, -0.1) is 0 Å². The van der Waals surface area contributed by atoms with Crippen molar-refractivity contribution in [1.29, 1.82) is 0 Å². The van der Waals surface area contributed by atoms with Gasteiger partial charge in [0.25, 0.3) is 0 Å². The van der Waals surface area contributed by atoms with Crippen LogP contribution in [-0.4, -0.2) is 22.6 Å². The molecular formula is C17H13ClF3N3O. The fourth-order valence-electron chi connectivity index (χ4n) is 3.11. The summed E-state index contributed by atoms with van der Waals surface area (Å²) in [5.41, 5.74) is 7.43. The lowest BCUT2D eigenvalue weighted by Crippen LogP contribution is -2.24. The molecule has 0 saturated heterocycles. The first kappa shape index (κ1) is 16.2. The maximum atomic E-state index is 13.2. The van der Waals surface area contributed by atoms with Crippen LogP contribution in [0.5, 0.6) is 5.75 Å². The zero-order valence-corrected chi connectivity index (χ0v) is 13.6. The van der Waals surface area contributed by atoms with Crippen molar-refractivity contribution in [3.05, 3.63) is 46.7 Å². The van der Waals surface area contributed by atoms with Gasteiger partial charge in [0.1, 0.15) is 11.9 Å². The van der Waals surface area contributed by atoms with Gasteiger partial charge < -0.3 is 15.5 Å². The average molecular weight is 368 g/mol. The largest absolute Gasteiger partial charge is 0.487 e. The molecule has 0 amide bonds. The summed E-state index contributed by atoms with van der Waals surface area (Å²) in [5.74, 6) is 0.547. The van der Waals surface area contributed by atoms with Crippen LogP contribution in [0.15, 0.2) is 30.6 Å². The Balaban J connectivity index is 1.91. The highest BCUT2D eigenvalue weighted by molar-refractivity contribution is 6.32. The van der Waals surface area contributed by atoms with Gasteiger partial charge in [0.05, 0.1) is 27.9 Å². The van der Waals surface area contributed by atoms with Crippen molar-refractivity contribution in [3.63, 3.8) is 0 Å². The molecule has 3 N–H and O–H groups in total. The number of aromatic amines is 1. The average Bonchev–Trinajstić information content (AvgIpc) is 3.19. The number of aromatic nitrogens is 2. The third-order valence-corrected chi connectivity index (χ3v) is 4.56. The summed E-state index contributed by atoms with van der Waals surface area (Å²) in [6.07, 6.45) is -2.68. The lowest BCUT2D eigenvalue weighted by atomic mass is 9.98. The van der Waals surface area contributed by atoms with Crippen molar-refractivity contribution in [3.8, 4) is 16.9 Å². The number of imidazole rings is 1. The molecule has 4 rings (SSSR count). The Labute approximate surface area is 145 Å². The summed E-state index contributed by atoms with van der Waals surface area (Å²) in [6, 6.07) is 5.54. The number of nitrogens with one attached hydrogen (secondary N) is 1. The molecule has 2 heterocycles. The minimum atomic E-state index is -4.46. The summed E-state index contributed by atoms with van der Waals surface area (Å²) in [4.78, 5) is 6.90.